The van der Waals surface area contributed by atoms with Crippen molar-refractivity contribution in [1.29, 1.82) is 0 Å². The van der Waals surface area contributed by atoms with Gasteiger partial charge in [-0.3, -0.25) is 0 Å². The van der Waals surface area contributed by atoms with Gasteiger partial charge in [0, 0.05) is 0 Å². The van der Waals surface area contributed by atoms with Crippen molar-refractivity contribution >= 4 is 0 Å². The first-order chi connectivity index (χ1) is 6.93. The summed E-state index contributed by atoms with van der Waals surface area (Å²) in [6.07, 6.45) is 2.59. The highest BCUT2D eigenvalue weighted by Gasteiger charge is 2.33. The summed E-state index contributed by atoms with van der Waals surface area (Å²) in [7, 11) is 0. The Kier molecular flexibility index (Phi) is 2.41. The van der Waals surface area contributed by atoms with E-state index in [0.29, 0.717) is 11.3 Å². The van der Waals surface area contributed by atoms with Gasteiger partial charge in [-0.2, -0.15) is 0 Å². The van der Waals surface area contributed by atoms with Gasteiger partial charge in [-0.1, -0.05) is 32.9 Å². The lowest BCUT2D eigenvalue weighted by Gasteiger charge is -2.39. The fraction of sp³-hybridized carbons (Fsp3) is 0.600. The predicted molar refractivity (Wildman–Crippen MR) is 66.4 cm³/mol. The van der Waals surface area contributed by atoms with Crippen molar-refractivity contribution in [3.63, 3.8) is 0 Å². The number of hydrogen-bond acceptors (Lipinski definition) is 0. The van der Waals surface area contributed by atoms with Crippen LogP contribution < -0.4 is 0 Å². The molecule has 0 bridgehead atoms. The summed E-state index contributed by atoms with van der Waals surface area (Å²) in [6.45, 7) is 11.7. The van der Waals surface area contributed by atoms with Crippen LogP contribution in [0.25, 0.3) is 0 Å². The van der Waals surface area contributed by atoms with Crippen LogP contribution in [0.3, 0.4) is 0 Å². The zero-order chi connectivity index (χ0) is 11.2. The fourth-order valence-electron chi connectivity index (χ4n) is 2.72. The molecule has 2 rings (SSSR count). The number of hydrogen-bond donors (Lipinski definition) is 0. The summed E-state index contributed by atoms with van der Waals surface area (Å²) in [5.41, 5.74) is 6.65. The largest absolute Gasteiger partial charge is 0.0593 e. The first-order valence-electron chi connectivity index (χ1n) is 6.02. The molecule has 0 N–H and O–H groups in total. The minimum absolute atomic E-state index is 0.467. The molecule has 1 aliphatic carbocycles. The second kappa shape index (κ2) is 3.37. The summed E-state index contributed by atoms with van der Waals surface area (Å²) in [6, 6.07) is 4.63. The Labute approximate surface area is 93.7 Å². The number of aryl methyl sites for hydroxylation is 1. The molecule has 82 valence electrons. The van der Waals surface area contributed by atoms with Crippen molar-refractivity contribution in [2.75, 3.05) is 0 Å². The van der Waals surface area contributed by atoms with E-state index in [0.717, 1.165) is 0 Å². The second-order valence-electron chi connectivity index (χ2n) is 5.79. The molecule has 0 fully saturated rings. The molecule has 0 heterocycles. The zero-order valence-corrected chi connectivity index (χ0v) is 10.6. The maximum atomic E-state index is 2.40. The summed E-state index contributed by atoms with van der Waals surface area (Å²) >= 11 is 0. The van der Waals surface area contributed by atoms with Crippen molar-refractivity contribution in [3.8, 4) is 0 Å². The van der Waals surface area contributed by atoms with Crippen LogP contribution in [-0.4, -0.2) is 0 Å². The van der Waals surface area contributed by atoms with Gasteiger partial charge in [0.25, 0.3) is 0 Å². The average molecular weight is 202 g/mol. The molecule has 1 aromatic carbocycles. The molecule has 15 heavy (non-hydrogen) atoms. The Morgan fingerprint density at radius 1 is 1.20 bits per heavy atom. The van der Waals surface area contributed by atoms with Crippen LogP contribution in [0.2, 0.25) is 0 Å². The highest BCUT2D eigenvalue weighted by molar-refractivity contribution is 5.43. The van der Waals surface area contributed by atoms with Crippen LogP contribution in [0.15, 0.2) is 12.1 Å². The van der Waals surface area contributed by atoms with E-state index in [1.54, 1.807) is 11.1 Å². The highest BCUT2D eigenvalue weighted by atomic mass is 14.4. The third kappa shape index (κ3) is 1.60. The Morgan fingerprint density at radius 3 is 2.53 bits per heavy atom. The number of benzene rings is 1. The van der Waals surface area contributed by atoms with E-state index < -0.39 is 0 Å². The lowest BCUT2D eigenvalue weighted by atomic mass is 9.66. The summed E-state index contributed by atoms with van der Waals surface area (Å²) in [4.78, 5) is 0. The molecule has 0 aromatic heterocycles. The summed E-state index contributed by atoms with van der Waals surface area (Å²) < 4.78 is 0. The molecule has 0 saturated heterocycles. The SMILES string of the molecule is Cc1ccc2c(c1C)CCC(C)(C)C2C. The third-order valence-electron chi connectivity index (χ3n) is 4.56. The number of fused-ring (bicyclic) bond motifs is 1. The molecule has 0 spiro atoms. The van der Waals surface area contributed by atoms with Gasteiger partial charge in [-0.05, 0) is 60.3 Å². The fourth-order valence-corrected chi connectivity index (χ4v) is 2.72. The average Bonchev–Trinajstić information content (AvgIpc) is 2.17. The van der Waals surface area contributed by atoms with Crippen LogP contribution in [0.1, 0.15) is 55.4 Å². The van der Waals surface area contributed by atoms with E-state index in [1.165, 1.54) is 24.0 Å². The van der Waals surface area contributed by atoms with Crippen molar-refractivity contribution < 1.29 is 0 Å². The van der Waals surface area contributed by atoms with Gasteiger partial charge in [0.05, 0.1) is 0 Å². The Morgan fingerprint density at radius 2 is 1.87 bits per heavy atom. The maximum absolute atomic E-state index is 2.40. The first-order valence-corrected chi connectivity index (χ1v) is 6.02. The Bertz CT molecular complexity index is 385. The van der Waals surface area contributed by atoms with Crippen molar-refractivity contribution in [3.05, 3.63) is 34.4 Å². The predicted octanol–water partition coefficient (Wildman–Crippen LogP) is 4.38. The van der Waals surface area contributed by atoms with E-state index in [4.69, 9.17) is 0 Å². The lowest BCUT2D eigenvalue weighted by Crippen LogP contribution is -2.27. The standard InChI is InChI=1S/C15H22/c1-10-6-7-14-12(3)15(4,5)9-8-13(14)11(10)2/h6-7,12H,8-9H2,1-5H3. The van der Waals surface area contributed by atoms with E-state index in [9.17, 15) is 0 Å². The molecule has 1 unspecified atom stereocenters. The molecule has 1 aromatic rings. The molecular weight excluding hydrogens is 180 g/mol. The Balaban J connectivity index is 2.55. The molecule has 0 aliphatic heterocycles. The molecule has 0 radical (unpaired) electrons. The minimum atomic E-state index is 0.467. The summed E-state index contributed by atoms with van der Waals surface area (Å²) in [5.74, 6) is 0.695. The van der Waals surface area contributed by atoms with Gasteiger partial charge in [-0.25, -0.2) is 0 Å². The van der Waals surface area contributed by atoms with E-state index >= 15 is 0 Å². The minimum Gasteiger partial charge on any atom is -0.0593 e. The topological polar surface area (TPSA) is 0 Å². The van der Waals surface area contributed by atoms with E-state index in [1.807, 2.05) is 0 Å². The maximum Gasteiger partial charge on any atom is -0.0136 e. The normalized spacial score (nSPS) is 23.7. The van der Waals surface area contributed by atoms with Crippen molar-refractivity contribution in [1.82, 2.24) is 0 Å². The molecule has 0 saturated carbocycles. The highest BCUT2D eigenvalue weighted by Crippen LogP contribution is 2.45. The van der Waals surface area contributed by atoms with Crippen LogP contribution in [0.5, 0.6) is 0 Å². The second-order valence-corrected chi connectivity index (χ2v) is 5.79. The molecule has 0 nitrogen and oxygen atoms in total. The lowest BCUT2D eigenvalue weighted by molar-refractivity contribution is 0.258. The van der Waals surface area contributed by atoms with Gasteiger partial charge in [0.15, 0.2) is 0 Å². The van der Waals surface area contributed by atoms with Crippen LogP contribution in [0, 0.1) is 19.3 Å². The van der Waals surface area contributed by atoms with Gasteiger partial charge in [0.2, 0.25) is 0 Å². The molecule has 0 heteroatoms. The van der Waals surface area contributed by atoms with Crippen molar-refractivity contribution in [2.45, 2.75) is 53.4 Å². The summed E-state index contributed by atoms with van der Waals surface area (Å²) in [5, 5.41) is 0. The first kappa shape index (κ1) is 10.7. The van der Waals surface area contributed by atoms with Crippen LogP contribution in [0.4, 0.5) is 0 Å². The molecule has 1 aliphatic rings. The van der Waals surface area contributed by atoms with Crippen LogP contribution >= 0.6 is 0 Å². The van der Waals surface area contributed by atoms with Gasteiger partial charge in [-0.15, -0.1) is 0 Å². The molecule has 0 amide bonds. The smallest absolute Gasteiger partial charge is 0.0136 e. The van der Waals surface area contributed by atoms with Gasteiger partial charge in [0.1, 0.15) is 0 Å². The van der Waals surface area contributed by atoms with Crippen LogP contribution in [-0.2, 0) is 6.42 Å². The molecular formula is C15H22. The van der Waals surface area contributed by atoms with Crippen molar-refractivity contribution in [2.24, 2.45) is 5.41 Å². The number of rotatable bonds is 0. The monoisotopic (exact) mass is 202 g/mol. The van der Waals surface area contributed by atoms with E-state index in [-0.39, 0.29) is 0 Å². The zero-order valence-electron chi connectivity index (χ0n) is 10.6. The van der Waals surface area contributed by atoms with E-state index in [2.05, 4.69) is 46.8 Å². The molecule has 1 atom stereocenters. The quantitative estimate of drug-likeness (QED) is 0.585. The Hall–Kier alpha value is -0.780. The third-order valence-corrected chi connectivity index (χ3v) is 4.56. The van der Waals surface area contributed by atoms with Gasteiger partial charge >= 0.3 is 0 Å². The van der Waals surface area contributed by atoms with Gasteiger partial charge < -0.3 is 0 Å².